The molecule has 6 heteroatoms. The van der Waals surface area contributed by atoms with Gasteiger partial charge in [-0.1, -0.05) is 12.1 Å². The van der Waals surface area contributed by atoms with Crippen LogP contribution in [0.2, 0.25) is 0 Å². The predicted molar refractivity (Wildman–Crippen MR) is 108 cm³/mol. The van der Waals surface area contributed by atoms with Gasteiger partial charge < -0.3 is 19.9 Å². The molecule has 0 saturated carbocycles. The Morgan fingerprint density at radius 2 is 1.81 bits per heavy atom. The molecule has 27 heavy (non-hydrogen) atoms. The molecule has 0 unspecified atom stereocenters. The molecule has 1 spiro atoms. The monoisotopic (exact) mass is 374 g/mol. The van der Waals surface area contributed by atoms with Crippen molar-refractivity contribution in [3.8, 4) is 5.75 Å². The Hall–Kier alpha value is -1.79. The zero-order chi connectivity index (χ0) is 19.3. The third-order valence-electron chi connectivity index (χ3n) is 6.27. The zero-order valence-electron chi connectivity index (χ0n) is 17.0. The number of carbonyl (C=O) groups is 1. The predicted octanol–water partition coefficient (Wildman–Crippen LogP) is 2.05. The second-order valence-electron chi connectivity index (χ2n) is 8.05. The van der Waals surface area contributed by atoms with Crippen LogP contribution in [0.1, 0.15) is 24.8 Å². The molecule has 1 aromatic carbocycles. The van der Waals surface area contributed by atoms with Crippen LogP contribution in [0.4, 0.5) is 4.79 Å². The first-order chi connectivity index (χ1) is 13.0. The number of ether oxygens (including phenoxy) is 1. The fourth-order valence-electron chi connectivity index (χ4n) is 4.26. The summed E-state index contributed by atoms with van der Waals surface area (Å²) in [6.45, 7) is 5.63. The standard InChI is InChI=1S/C21H34N4O2/c1-23-15-10-21(11-16-23)17-25(14-4-13-24(21)2)20(26)22-12-9-18-5-7-19(27-3)8-6-18/h5-8H,4,9-17H2,1-3H3,(H,22,26). The number of rotatable bonds is 4. The van der Waals surface area contributed by atoms with E-state index in [1.807, 2.05) is 17.0 Å². The summed E-state index contributed by atoms with van der Waals surface area (Å²) in [5.74, 6) is 0.861. The number of likely N-dealkylation sites (N-methyl/N-ethyl adjacent to an activating group) is 1. The number of nitrogens with zero attached hydrogens (tertiary/aromatic N) is 3. The summed E-state index contributed by atoms with van der Waals surface area (Å²) in [6, 6.07) is 8.12. The third kappa shape index (κ3) is 4.93. The van der Waals surface area contributed by atoms with Crippen LogP contribution in [0.15, 0.2) is 24.3 Å². The molecule has 1 aromatic rings. The average molecular weight is 375 g/mol. The molecule has 2 aliphatic heterocycles. The summed E-state index contributed by atoms with van der Waals surface area (Å²) in [4.78, 5) is 19.7. The fraction of sp³-hybridized carbons (Fsp3) is 0.667. The highest BCUT2D eigenvalue weighted by Gasteiger charge is 2.41. The van der Waals surface area contributed by atoms with Gasteiger partial charge >= 0.3 is 6.03 Å². The quantitative estimate of drug-likeness (QED) is 0.876. The van der Waals surface area contributed by atoms with Crippen LogP contribution in [0.25, 0.3) is 0 Å². The first kappa shape index (κ1) is 20.0. The van der Waals surface area contributed by atoms with E-state index in [2.05, 4.69) is 41.3 Å². The Morgan fingerprint density at radius 1 is 1.11 bits per heavy atom. The van der Waals surface area contributed by atoms with Gasteiger partial charge in [-0.2, -0.15) is 0 Å². The fourth-order valence-corrected chi connectivity index (χ4v) is 4.26. The van der Waals surface area contributed by atoms with Crippen molar-refractivity contribution >= 4 is 6.03 Å². The normalized spacial score (nSPS) is 21.1. The molecule has 2 amide bonds. The second-order valence-corrected chi connectivity index (χ2v) is 8.05. The van der Waals surface area contributed by atoms with Gasteiger partial charge in [0.15, 0.2) is 0 Å². The first-order valence-electron chi connectivity index (χ1n) is 10.1. The van der Waals surface area contributed by atoms with Crippen LogP contribution in [-0.4, -0.2) is 86.7 Å². The Morgan fingerprint density at radius 3 is 2.48 bits per heavy atom. The number of likely N-dealkylation sites (tertiary alicyclic amines) is 1. The molecule has 1 N–H and O–H groups in total. The number of hydrogen-bond donors (Lipinski definition) is 1. The van der Waals surface area contributed by atoms with Crippen LogP contribution in [0, 0.1) is 0 Å². The number of benzene rings is 1. The van der Waals surface area contributed by atoms with Crippen molar-refractivity contribution < 1.29 is 9.53 Å². The first-order valence-corrected chi connectivity index (χ1v) is 10.1. The van der Waals surface area contributed by atoms with E-state index in [-0.39, 0.29) is 11.6 Å². The van der Waals surface area contributed by atoms with Crippen molar-refractivity contribution in [2.24, 2.45) is 0 Å². The summed E-state index contributed by atoms with van der Waals surface area (Å²) in [5.41, 5.74) is 1.34. The molecule has 2 aliphatic rings. The van der Waals surface area contributed by atoms with E-state index in [9.17, 15) is 4.79 Å². The van der Waals surface area contributed by atoms with Crippen LogP contribution in [0.3, 0.4) is 0 Å². The van der Waals surface area contributed by atoms with Gasteiger partial charge in [-0.3, -0.25) is 4.90 Å². The molecule has 2 saturated heterocycles. The molecule has 0 bridgehead atoms. The highest BCUT2D eigenvalue weighted by atomic mass is 16.5. The van der Waals surface area contributed by atoms with Gasteiger partial charge in [-0.15, -0.1) is 0 Å². The maximum absolute atomic E-state index is 12.8. The lowest BCUT2D eigenvalue weighted by molar-refractivity contribution is 0.0412. The number of piperidine rings is 1. The van der Waals surface area contributed by atoms with E-state index in [0.717, 1.165) is 64.2 Å². The van der Waals surface area contributed by atoms with Gasteiger partial charge in [0.05, 0.1) is 7.11 Å². The van der Waals surface area contributed by atoms with Crippen molar-refractivity contribution in [2.75, 3.05) is 60.5 Å². The molecule has 3 rings (SSSR count). The van der Waals surface area contributed by atoms with Gasteiger partial charge in [0, 0.05) is 31.7 Å². The molecule has 2 heterocycles. The molecule has 6 nitrogen and oxygen atoms in total. The lowest BCUT2D eigenvalue weighted by Crippen LogP contribution is -2.59. The van der Waals surface area contributed by atoms with Gasteiger partial charge in [0.25, 0.3) is 0 Å². The molecule has 150 valence electrons. The number of methoxy groups -OCH3 is 1. The molecule has 0 aromatic heterocycles. The minimum Gasteiger partial charge on any atom is -0.497 e. The second kappa shape index (κ2) is 8.93. The maximum Gasteiger partial charge on any atom is 0.317 e. The van der Waals surface area contributed by atoms with E-state index in [1.165, 1.54) is 5.56 Å². The van der Waals surface area contributed by atoms with E-state index >= 15 is 0 Å². The highest BCUT2D eigenvalue weighted by molar-refractivity contribution is 5.74. The smallest absolute Gasteiger partial charge is 0.317 e. The lowest BCUT2D eigenvalue weighted by atomic mass is 9.85. The van der Waals surface area contributed by atoms with Crippen molar-refractivity contribution in [3.05, 3.63) is 29.8 Å². The molecule has 2 fully saturated rings. The lowest BCUT2D eigenvalue weighted by Gasteiger charge is -2.47. The van der Waals surface area contributed by atoms with Crippen LogP contribution in [0.5, 0.6) is 5.75 Å². The van der Waals surface area contributed by atoms with Crippen molar-refractivity contribution in [2.45, 2.75) is 31.2 Å². The summed E-state index contributed by atoms with van der Waals surface area (Å²) >= 11 is 0. The van der Waals surface area contributed by atoms with Gasteiger partial charge in [-0.05, 0) is 70.6 Å². The number of amides is 2. The summed E-state index contributed by atoms with van der Waals surface area (Å²) in [5, 5.41) is 3.13. The SMILES string of the molecule is COc1ccc(CCNC(=O)N2CCCN(C)C3(CCN(C)CC3)C2)cc1. The molecule has 0 atom stereocenters. The topological polar surface area (TPSA) is 48.1 Å². The van der Waals surface area contributed by atoms with Crippen molar-refractivity contribution in [1.82, 2.24) is 20.0 Å². The van der Waals surface area contributed by atoms with E-state index in [1.54, 1.807) is 7.11 Å². The third-order valence-corrected chi connectivity index (χ3v) is 6.27. The van der Waals surface area contributed by atoms with Crippen molar-refractivity contribution in [1.29, 1.82) is 0 Å². The van der Waals surface area contributed by atoms with Crippen LogP contribution < -0.4 is 10.1 Å². The van der Waals surface area contributed by atoms with Gasteiger partial charge in [-0.25, -0.2) is 4.79 Å². The van der Waals surface area contributed by atoms with Crippen molar-refractivity contribution in [3.63, 3.8) is 0 Å². The van der Waals surface area contributed by atoms with E-state index < -0.39 is 0 Å². The van der Waals surface area contributed by atoms with Gasteiger partial charge in [0.1, 0.15) is 5.75 Å². The molecular weight excluding hydrogens is 340 g/mol. The molecule has 0 radical (unpaired) electrons. The summed E-state index contributed by atoms with van der Waals surface area (Å²) in [6.07, 6.45) is 4.14. The number of carbonyl (C=O) groups excluding carboxylic acids is 1. The number of hydrogen-bond acceptors (Lipinski definition) is 4. The Labute approximate surface area is 163 Å². The number of nitrogens with one attached hydrogen (secondary N) is 1. The zero-order valence-corrected chi connectivity index (χ0v) is 17.0. The Kier molecular flexibility index (Phi) is 6.60. The van der Waals surface area contributed by atoms with E-state index in [4.69, 9.17) is 4.74 Å². The maximum atomic E-state index is 12.8. The minimum atomic E-state index is 0.0807. The Bertz CT molecular complexity index is 611. The number of urea groups is 1. The Balaban J connectivity index is 1.53. The van der Waals surface area contributed by atoms with E-state index in [0.29, 0.717) is 6.54 Å². The molecular formula is C21H34N4O2. The summed E-state index contributed by atoms with van der Waals surface area (Å²) < 4.78 is 5.19. The minimum absolute atomic E-state index is 0.0807. The van der Waals surface area contributed by atoms with Gasteiger partial charge in [0.2, 0.25) is 0 Å². The molecule has 0 aliphatic carbocycles. The largest absolute Gasteiger partial charge is 0.497 e. The van der Waals surface area contributed by atoms with Crippen LogP contribution in [-0.2, 0) is 6.42 Å². The highest BCUT2D eigenvalue weighted by Crippen LogP contribution is 2.30. The van der Waals surface area contributed by atoms with Crippen LogP contribution >= 0.6 is 0 Å². The average Bonchev–Trinajstić information content (AvgIpc) is 2.84. The summed E-state index contributed by atoms with van der Waals surface area (Å²) in [7, 11) is 6.09.